The monoisotopic (exact) mass is 396 g/mol. The molecule has 152 valence electrons. The quantitative estimate of drug-likeness (QED) is 0.676. The first-order chi connectivity index (χ1) is 14.7. The van der Waals surface area contributed by atoms with Crippen LogP contribution in [0.4, 0.5) is 5.69 Å². The van der Waals surface area contributed by atoms with Crippen LogP contribution >= 0.6 is 0 Å². The Morgan fingerprint density at radius 1 is 0.867 bits per heavy atom. The van der Waals surface area contributed by atoms with E-state index in [1.54, 1.807) is 0 Å². The van der Waals surface area contributed by atoms with Crippen LogP contribution in [-0.2, 0) is 13.0 Å². The van der Waals surface area contributed by atoms with Gasteiger partial charge in [0.05, 0.1) is 5.69 Å². The zero-order valence-electron chi connectivity index (χ0n) is 17.5. The number of anilines is 1. The summed E-state index contributed by atoms with van der Waals surface area (Å²) in [5, 5.41) is 0. The maximum atomic E-state index is 5.86. The number of aromatic nitrogens is 1. The van der Waals surface area contributed by atoms with Gasteiger partial charge in [-0.25, -0.2) is 0 Å². The molecule has 0 bridgehead atoms. The Kier molecular flexibility index (Phi) is 5.11. The molecule has 0 spiro atoms. The van der Waals surface area contributed by atoms with Crippen LogP contribution in [-0.4, -0.2) is 48.0 Å². The molecule has 2 aliphatic rings. The number of nitrogen functional groups attached to an aromatic ring is 1. The fourth-order valence-electron chi connectivity index (χ4n) is 4.36. The molecule has 1 saturated heterocycles. The van der Waals surface area contributed by atoms with Gasteiger partial charge in [-0.2, -0.15) is 0 Å². The third kappa shape index (κ3) is 3.89. The molecule has 1 aliphatic heterocycles. The second-order valence-corrected chi connectivity index (χ2v) is 8.44. The van der Waals surface area contributed by atoms with Gasteiger partial charge in [0.1, 0.15) is 0 Å². The molecule has 1 aliphatic carbocycles. The van der Waals surface area contributed by atoms with Gasteiger partial charge in [0.2, 0.25) is 0 Å². The molecule has 2 N–H and O–H groups in total. The second kappa shape index (κ2) is 8.05. The van der Waals surface area contributed by atoms with Crippen molar-refractivity contribution in [3.63, 3.8) is 0 Å². The number of benzene rings is 2. The number of hydrogen-bond donors (Lipinski definition) is 1. The maximum Gasteiger partial charge on any atom is 0.0520 e. The van der Waals surface area contributed by atoms with Crippen LogP contribution in [0.15, 0.2) is 66.9 Å². The molecule has 4 heteroatoms. The Morgan fingerprint density at radius 3 is 2.30 bits per heavy atom. The van der Waals surface area contributed by atoms with Gasteiger partial charge in [0.15, 0.2) is 0 Å². The molecule has 1 aromatic heterocycles. The van der Waals surface area contributed by atoms with Crippen LogP contribution in [0.25, 0.3) is 16.7 Å². The SMILES string of the molecule is CN1CCN(Cc2ccc(-c3cnc4c(c3)C(c3ccc(N)cc3)=CC4)cc2)CC1. The summed E-state index contributed by atoms with van der Waals surface area (Å²) in [7, 11) is 2.20. The molecular weight excluding hydrogens is 368 g/mol. The van der Waals surface area contributed by atoms with Gasteiger partial charge in [-0.3, -0.25) is 9.88 Å². The highest BCUT2D eigenvalue weighted by molar-refractivity contribution is 5.86. The second-order valence-electron chi connectivity index (χ2n) is 8.44. The van der Waals surface area contributed by atoms with Gasteiger partial charge >= 0.3 is 0 Å². The summed E-state index contributed by atoms with van der Waals surface area (Å²) in [6.07, 6.45) is 5.17. The van der Waals surface area contributed by atoms with Crippen LogP contribution in [0, 0.1) is 0 Å². The van der Waals surface area contributed by atoms with Crippen molar-refractivity contribution >= 4 is 11.3 Å². The van der Waals surface area contributed by atoms with Gasteiger partial charge in [0.25, 0.3) is 0 Å². The van der Waals surface area contributed by atoms with Gasteiger partial charge in [-0.1, -0.05) is 42.5 Å². The molecule has 0 amide bonds. The number of fused-ring (bicyclic) bond motifs is 1. The highest BCUT2D eigenvalue weighted by Crippen LogP contribution is 2.34. The van der Waals surface area contributed by atoms with Crippen molar-refractivity contribution in [3.8, 4) is 11.1 Å². The molecule has 30 heavy (non-hydrogen) atoms. The minimum atomic E-state index is 0.793. The summed E-state index contributed by atoms with van der Waals surface area (Å²) in [5.41, 5.74) is 15.3. The minimum absolute atomic E-state index is 0.793. The van der Waals surface area contributed by atoms with Gasteiger partial charge in [-0.05, 0) is 47.5 Å². The van der Waals surface area contributed by atoms with Crippen molar-refractivity contribution in [1.29, 1.82) is 0 Å². The predicted molar refractivity (Wildman–Crippen MR) is 124 cm³/mol. The largest absolute Gasteiger partial charge is 0.399 e. The highest BCUT2D eigenvalue weighted by Gasteiger charge is 2.18. The topological polar surface area (TPSA) is 45.4 Å². The first-order valence-electron chi connectivity index (χ1n) is 10.7. The third-order valence-electron chi connectivity index (χ3n) is 6.27. The summed E-state index contributed by atoms with van der Waals surface area (Å²) >= 11 is 0. The molecule has 2 aromatic carbocycles. The van der Waals surface area contributed by atoms with E-state index in [1.165, 1.54) is 33.4 Å². The van der Waals surface area contributed by atoms with Crippen molar-refractivity contribution in [2.24, 2.45) is 0 Å². The third-order valence-corrected chi connectivity index (χ3v) is 6.27. The summed E-state index contributed by atoms with van der Waals surface area (Å²) < 4.78 is 0. The van der Waals surface area contributed by atoms with E-state index in [1.807, 2.05) is 18.3 Å². The van der Waals surface area contributed by atoms with E-state index in [0.29, 0.717) is 0 Å². The van der Waals surface area contributed by atoms with Crippen molar-refractivity contribution in [1.82, 2.24) is 14.8 Å². The van der Waals surface area contributed by atoms with Gasteiger partial charge < -0.3 is 10.6 Å². The first-order valence-corrected chi connectivity index (χ1v) is 10.7. The van der Waals surface area contributed by atoms with E-state index >= 15 is 0 Å². The Labute approximate surface area is 178 Å². The van der Waals surface area contributed by atoms with Crippen molar-refractivity contribution in [2.75, 3.05) is 39.0 Å². The number of hydrogen-bond acceptors (Lipinski definition) is 4. The summed E-state index contributed by atoms with van der Waals surface area (Å²) in [6.45, 7) is 5.63. The van der Waals surface area contributed by atoms with E-state index in [2.05, 4.69) is 65.4 Å². The van der Waals surface area contributed by atoms with E-state index < -0.39 is 0 Å². The van der Waals surface area contributed by atoms with Crippen molar-refractivity contribution < 1.29 is 0 Å². The lowest BCUT2D eigenvalue weighted by Crippen LogP contribution is -2.43. The van der Waals surface area contributed by atoms with E-state index in [0.717, 1.165) is 50.5 Å². The van der Waals surface area contributed by atoms with Gasteiger partial charge in [0, 0.05) is 62.2 Å². The Hall–Kier alpha value is -2.95. The van der Waals surface area contributed by atoms with Gasteiger partial charge in [-0.15, -0.1) is 0 Å². The van der Waals surface area contributed by atoms with E-state index in [4.69, 9.17) is 10.7 Å². The van der Waals surface area contributed by atoms with Crippen LogP contribution in [0.2, 0.25) is 0 Å². The lowest BCUT2D eigenvalue weighted by molar-refractivity contribution is 0.148. The van der Waals surface area contributed by atoms with Crippen LogP contribution in [0.5, 0.6) is 0 Å². The molecule has 4 nitrogen and oxygen atoms in total. The molecule has 2 heterocycles. The number of piperazine rings is 1. The zero-order chi connectivity index (χ0) is 20.5. The van der Waals surface area contributed by atoms with E-state index in [-0.39, 0.29) is 0 Å². The molecule has 0 unspecified atom stereocenters. The Morgan fingerprint density at radius 2 is 1.57 bits per heavy atom. The lowest BCUT2D eigenvalue weighted by atomic mass is 9.97. The number of likely N-dealkylation sites (N-methyl/N-ethyl adjacent to an activating group) is 1. The van der Waals surface area contributed by atoms with Crippen molar-refractivity contribution in [2.45, 2.75) is 13.0 Å². The minimum Gasteiger partial charge on any atom is -0.399 e. The fraction of sp³-hybridized carbons (Fsp3) is 0.269. The smallest absolute Gasteiger partial charge is 0.0520 e. The highest BCUT2D eigenvalue weighted by atomic mass is 15.2. The summed E-state index contributed by atoms with van der Waals surface area (Å²) in [4.78, 5) is 9.70. The van der Waals surface area contributed by atoms with Crippen molar-refractivity contribution in [3.05, 3.63) is 89.3 Å². The zero-order valence-corrected chi connectivity index (χ0v) is 17.5. The Bertz CT molecular complexity index is 1060. The molecule has 0 saturated carbocycles. The van der Waals surface area contributed by atoms with Crippen LogP contribution in [0.3, 0.4) is 0 Å². The standard InChI is InChI=1S/C26H28N4/c1-29-12-14-30(15-13-29)18-19-2-4-20(5-3-19)22-16-25-24(10-11-26(25)28-17-22)21-6-8-23(27)9-7-21/h2-10,16-17H,11-15,18,27H2,1H3. The number of rotatable bonds is 4. The molecule has 0 radical (unpaired) electrons. The average molecular weight is 397 g/mol. The molecule has 1 fully saturated rings. The number of nitrogens with zero attached hydrogens (tertiary/aromatic N) is 3. The Balaban J connectivity index is 1.35. The normalized spacial score (nSPS) is 17.0. The summed E-state index contributed by atoms with van der Waals surface area (Å²) in [5.74, 6) is 0. The molecular formula is C26H28N4. The number of pyridine rings is 1. The predicted octanol–water partition coefficient (Wildman–Crippen LogP) is 4.07. The fourth-order valence-corrected chi connectivity index (χ4v) is 4.36. The molecule has 5 rings (SSSR count). The summed E-state index contributed by atoms with van der Waals surface area (Å²) in [6, 6.07) is 19.4. The van der Waals surface area contributed by atoms with E-state index in [9.17, 15) is 0 Å². The number of nitrogens with two attached hydrogens (primary N) is 1. The number of allylic oxidation sites excluding steroid dienone is 1. The molecule has 0 atom stereocenters. The average Bonchev–Trinajstić information content (AvgIpc) is 3.20. The lowest BCUT2D eigenvalue weighted by Gasteiger charge is -2.32. The maximum absolute atomic E-state index is 5.86. The van der Waals surface area contributed by atoms with Crippen LogP contribution < -0.4 is 5.73 Å². The first kappa shape index (κ1) is 19.0. The van der Waals surface area contributed by atoms with Crippen LogP contribution in [0.1, 0.15) is 22.4 Å². The molecule has 3 aromatic rings.